The van der Waals surface area contributed by atoms with Crippen LogP contribution in [0.1, 0.15) is 15.9 Å². The monoisotopic (exact) mass is 345 g/mol. The average Bonchev–Trinajstić information content (AvgIpc) is 2.95. The lowest BCUT2D eigenvalue weighted by Crippen LogP contribution is -2.24. The Morgan fingerprint density at radius 2 is 1.78 bits per heavy atom. The number of nitrogens with one attached hydrogen (secondary N) is 1. The molecule has 6 heteroatoms. The zero-order chi connectivity index (χ0) is 16.4. The van der Waals surface area contributed by atoms with Gasteiger partial charge in [0.25, 0.3) is 5.91 Å². The van der Waals surface area contributed by atoms with E-state index in [1.54, 1.807) is 23.5 Å². The smallest absolute Gasteiger partial charge is 0.252 e. The van der Waals surface area contributed by atoms with E-state index in [4.69, 9.17) is 0 Å². The molecule has 3 aromatic rings. The Morgan fingerprint density at radius 1 is 1.09 bits per heavy atom. The first-order chi connectivity index (χ1) is 11.0. The zero-order valence-corrected chi connectivity index (χ0v) is 14.1. The fraction of sp³-hybridized carbons (Fsp3) is 0.118. The van der Waals surface area contributed by atoms with E-state index in [0.29, 0.717) is 6.54 Å². The Hall–Kier alpha value is -2.18. The number of carbonyl (C=O) groups excluding carboxylic acids is 1. The van der Waals surface area contributed by atoms with Crippen molar-refractivity contribution in [1.82, 2.24) is 5.32 Å². The van der Waals surface area contributed by atoms with Gasteiger partial charge in [-0.2, -0.15) is 0 Å². The molecule has 4 nitrogen and oxygen atoms in total. The van der Waals surface area contributed by atoms with Crippen molar-refractivity contribution in [2.24, 2.45) is 0 Å². The molecule has 0 saturated carbocycles. The van der Waals surface area contributed by atoms with E-state index in [9.17, 15) is 13.2 Å². The van der Waals surface area contributed by atoms with Gasteiger partial charge in [-0.3, -0.25) is 4.79 Å². The Labute approximate surface area is 138 Å². The van der Waals surface area contributed by atoms with E-state index in [2.05, 4.69) is 5.32 Å². The van der Waals surface area contributed by atoms with Gasteiger partial charge in [0.15, 0.2) is 9.84 Å². The maximum atomic E-state index is 12.4. The number of rotatable bonds is 4. The highest BCUT2D eigenvalue weighted by Gasteiger charge is 2.18. The average molecular weight is 345 g/mol. The number of thiophene rings is 1. The molecule has 1 N–H and O–H groups in total. The predicted octanol–water partition coefficient (Wildman–Crippen LogP) is 3.23. The topological polar surface area (TPSA) is 63.2 Å². The van der Waals surface area contributed by atoms with E-state index >= 15 is 0 Å². The van der Waals surface area contributed by atoms with Gasteiger partial charge in [0.2, 0.25) is 0 Å². The Bertz CT molecular complexity index is 974. The van der Waals surface area contributed by atoms with Crippen LogP contribution >= 0.6 is 11.3 Å². The van der Waals surface area contributed by atoms with Gasteiger partial charge in [-0.25, -0.2) is 8.42 Å². The third kappa shape index (κ3) is 3.28. The minimum Gasteiger partial charge on any atom is -0.348 e. The second-order valence-electron chi connectivity index (χ2n) is 5.21. The highest BCUT2D eigenvalue weighted by atomic mass is 32.2. The lowest BCUT2D eigenvalue weighted by Gasteiger charge is -2.08. The van der Waals surface area contributed by atoms with Gasteiger partial charge < -0.3 is 5.32 Å². The molecular weight excluding hydrogens is 330 g/mol. The number of benzene rings is 2. The van der Waals surface area contributed by atoms with Gasteiger partial charge in [0.1, 0.15) is 0 Å². The van der Waals surface area contributed by atoms with Crippen molar-refractivity contribution in [3.05, 3.63) is 65.0 Å². The van der Waals surface area contributed by atoms with Crippen LogP contribution in [-0.4, -0.2) is 20.6 Å². The Morgan fingerprint density at radius 3 is 2.57 bits per heavy atom. The summed E-state index contributed by atoms with van der Waals surface area (Å²) in [4.78, 5) is 12.4. The maximum Gasteiger partial charge on any atom is 0.252 e. The molecule has 1 amide bonds. The second kappa shape index (κ2) is 6.14. The van der Waals surface area contributed by atoms with Gasteiger partial charge in [-0.05, 0) is 34.5 Å². The van der Waals surface area contributed by atoms with Crippen LogP contribution in [0.4, 0.5) is 0 Å². The second-order valence-corrected chi connectivity index (χ2v) is 8.10. The quantitative estimate of drug-likeness (QED) is 0.789. The first kappa shape index (κ1) is 15.7. The molecule has 23 heavy (non-hydrogen) atoms. The van der Waals surface area contributed by atoms with Gasteiger partial charge in [0.05, 0.1) is 10.5 Å². The first-order valence-corrected chi connectivity index (χ1v) is 9.76. The van der Waals surface area contributed by atoms with Crippen LogP contribution in [0.3, 0.4) is 0 Å². The van der Waals surface area contributed by atoms with Crippen molar-refractivity contribution < 1.29 is 13.2 Å². The summed E-state index contributed by atoms with van der Waals surface area (Å²) in [5.74, 6) is -0.388. The van der Waals surface area contributed by atoms with Gasteiger partial charge >= 0.3 is 0 Å². The molecule has 0 unspecified atom stereocenters. The van der Waals surface area contributed by atoms with Crippen molar-refractivity contribution >= 4 is 37.2 Å². The molecular formula is C17H15NO3S2. The number of carbonyl (C=O) groups is 1. The highest BCUT2D eigenvalue weighted by molar-refractivity contribution is 7.90. The molecule has 0 bridgehead atoms. The van der Waals surface area contributed by atoms with E-state index in [1.807, 2.05) is 29.6 Å². The number of sulfone groups is 1. The predicted molar refractivity (Wildman–Crippen MR) is 92.5 cm³/mol. The van der Waals surface area contributed by atoms with E-state index in [1.165, 1.54) is 12.1 Å². The van der Waals surface area contributed by atoms with Crippen LogP contribution in [-0.2, 0) is 16.4 Å². The van der Waals surface area contributed by atoms with Crippen molar-refractivity contribution in [3.63, 3.8) is 0 Å². The normalized spacial score (nSPS) is 11.5. The number of hydrogen-bond acceptors (Lipinski definition) is 4. The maximum absolute atomic E-state index is 12.4. The summed E-state index contributed by atoms with van der Waals surface area (Å²) in [5, 5.41) is 5.92. The molecule has 0 radical (unpaired) electrons. The fourth-order valence-electron chi connectivity index (χ4n) is 2.42. The lowest BCUT2D eigenvalue weighted by molar-refractivity contribution is 0.0948. The summed E-state index contributed by atoms with van der Waals surface area (Å²) in [6.07, 6.45) is 1.10. The molecule has 3 rings (SSSR count). The summed E-state index contributed by atoms with van der Waals surface area (Å²) >= 11 is 1.62. The molecule has 0 atom stereocenters. The first-order valence-electron chi connectivity index (χ1n) is 6.99. The number of hydrogen-bond donors (Lipinski definition) is 1. The molecule has 0 aliphatic rings. The van der Waals surface area contributed by atoms with Crippen LogP contribution in [0.5, 0.6) is 0 Å². The molecule has 0 aliphatic carbocycles. The van der Waals surface area contributed by atoms with Crippen LogP contribution in [0.25, 0.3) is 10.1 Å². The Balaban J connectivity index is 1.83. The van der Waals surface area contributed by atoms with Crippen molar-refractivity contribution in [1.29, 1.82) is 0 Å². The molecule has 2 aromatic carbocycles. The van der Waals surface area contributed by atoms with E-state index in [0.717, 1.165) is 21.9 Å². The van der Waals surface area contributed by atoms with Crippen LogP contribution in [0, 0.1) is 0 Å². The van der Waals surface area contributed by atoms with Crippen molar-refractivity contribution in [3.8, 4) is 0 Å². The van der Waals surface area contributed by atoms with Crippen LogP contribution < -0.4 is 5.32 Å². The lowest BCUT2D eigenvalue weighted by atomic mass is 10.1. The summed E-state index contributed by atoms with van der Waals surface area (Å²) in [5.41, 5.74) is 1.20. The molecule has 0 aliphatic heterocycles. The summed E-state index contributed by atoms with van der Waals surface area (Å²) in [6, 6.07) is 14.2. The zero-order valence-electron chi connectivity index (χ0n) is 12.4. The molecule has 0 saturated heterocycles. The standard InChI is InChI=1S/C17H15NO3S2/c1-23(20,21)16-9-5-3-7-14(16)17(19)18-10-12-11-22-15-8-4-2-6-13(12)15/h2-9,11H,10H2,1H3,(H,18,19). The SMILES string of the molecule is CS(=O)(=O)c1ccccc1C(=O)NCc1csc2ccccc12. The number of amides is 1. The van der Waals surface area contributed by atoms with E-state index in [-0.39, 0.29) is 16.4 Å². The largest absolute Gasteiger partial charge is 0.348 e. The van der Waals surface area contributed by atoms with Crippen molar-refractivity contribution in [2.75, 3.05) is 6.26 Å². The Kier molecular flexibility index (Phi) is 4.19. The summed E-state index contributed by atoms with van der Waals surface area (Å²) in [6.45, 7) is 0.362. The number of fused-ring (bicyclic) bond motifs is 1. The molecule has 1 aromatic heterocycles. The minimum absolute atomic E-state index is 0.0488. The minimum atomic E-state index is -3.44. The van der Waals surface area contributed by atoms with Gasteiger partial charge in [0, 0.05) is 17.5 Å². The molecule has 118 valence electrons. The summed E-state index contributed by atoms with van der Waals surface area (Å²) < 4.78 is 24.7. The molecule has 0 spiro atoms. The highest BCUT2D eigenvalue weighted by Crippen LogP contribution is 2.25. The molecule has 1 heterocycles. The fourth-order valence-corrected chi connectivity index (χ4v) is 4.27. The van der Waals surface area contributed by atoms with Gasteiger partial charge in [-0.1, -0.05) is 30.3 Å². The molecule has 0 fully saturated rings. The van der Waals surface area contributed by atoms with Crippen LogP contribution in [0.15, 0.2) is 58.8 Å². The van der Waals surface area contributed by atoms with Gasteiger partial charge in [-0.15, -0.1) is 11.3 Å². The van der Waals surface area contributed by atoms with E-state index < -0.39 is 9.84 Å². The third-order valence-electron chi connectivity index (χ3n) is 3.53. The summed E-state index contributed by atoms with van der Waals surface area (Å²) in [7, 11) is -3.44. The van der Waals surface area contributed by atoms with Crippen LogP contribution in [0.2, 0.25) is 0 Å². The van der Waals surface area contributed by atoms with Crippen molar-refractivity contribution in [2.45, 2.75) is 11.4 Å². The third-order valence-corrected chi connectivity index (χ3v) is 5.70.